The molecule has 2 heterocycles. The first-order valence-corrected chi connectivity index (χ1v) is 16.1. The molecule has 3 amide bonds. The Bertz CT molecular complexity index is 1840. The largest absolute Gasteiger partial charge is 0.477 e. The summed E-state index contributed by atoms with van der Waals surface area (Å²) in [5, 5.41) is 16.0. The zero-order valence-electron chi connectivity index (χ0n) is 28.4. The standard InChI is InChI=1S/C34H43FN8O7/c1-5-40-16-25(33(47)48)32(46)24-14-26(35)29(15-28(24)40)41-10-12-42(13-11-41)34(49)50-19-22-6-8-23(9-7-22)39-30(45)18-43(37)17-27(36)31(20(2)3)38-21(4)44/h6-9,14-17,20,31H,5,10-13,18-19,36-37H2,1-4H3,(H,38,44)(H,39,45)(H,47,48)/b27-17-. The first-order chi connectivity index (χ1) is 23.7. The maximum Gasteiger partial charge on any atom is 0.410 e. The smallest absolute Gasteiger partial charge is 0.410 e. The number of nitrogens with zero attached hydrogens (tertiary/aromatic N) is 4. The van der Waals surface area contributed by atoms with Crippen LogP contribution in [0, 0.1) is 11.7 Å². The lowest BCUT2D eigenvalue weighted by Crippen LogP contribution is -2.49. The Morgan fingerprint density at radius 3 is 2.34 bits per heavy atom. The molecule has 0 radical (unpaired) electrons. The average molecular weight is 695 g/mol. The molecule has 16 heteroatoms. The van der Waals surface area contributed by atoms with E-state index in [9.17, 15) is 29.1 Å². The highest BCUT2D eigenvalue weighted by Gasteiger charge is 2.26. The Morgan fingerprint density at radius 1 is 1.10 bits per heavy atom. The number of hydrogen-bond acceptors (Lipinski definition) is 10. The highest BCUT2D eigenvalue weighted by Crippen LogP contribution is 2.26. The van der Waals surface area contributed by atoms with E-state index in [1.807, 2.05) is 13.8 Å². The SMILES string of the molecule is CCn1cc(C(=O)O)c(=O)c2cc(F)c(N3CCN(C(=O)OCc4ccc(NC(=O)CN(N)/C=C(\N)C(NC(C)=O)C(C)C)cc4)CC3)cc21. The Morgan fingerprint density at radius 2 is 1.76 bits per heavy atom. The number of halogens is 1. The summed E-state index contributed by atoms with van der Waals surface area (Å²) in [6.07, 6.45) is 2.14. The number of hydrazine groups is 1. The Hall–Kier alpha value is -5.64. The summed E-state index contributed by atoms with van der Waals surface area (Å²) in [4.78, 5) is 64.3. The van der Waals surface area contributed by atoms with Crippen molar-refractivity contribution in [1.82, 2.24) is 19.8 Å². The number of aryl methyl sites for hydroxylation is 1. The fourth-order valence-corrected chi connectivity index (χ4v) is 5.64. The van der Waals surface area contributed by atoms with Crippen molar-refractivity contribution in [3.63, 3.8) is 0 Å². The van der Waals surface area contributed by atoms with Crippen molar-refractivity contribution in [2.75, 3.05) is 42.9 Å². The van der Waals surface area contributed by atoms with Crippen molar-refractivity contribution in [2.24, 2.45) is 17.5 Å². The number of piperazine rings is 1. The second-order valence-electron chi connectivity index (χ2n) is 12.3. The van der Waals surface area contributed by atoms with Gasteiger partial charge in [-0.25, -0.2) is 19.8 Å². The van der Waals surface area contributed by atoms with Crippen LogP contribution in [0.3, 0.4) is 0 Å². The van der Waals surface area contributed by atoms with Gasteiger partial charge in [-0.1, -0.05) is 26.0 Å². The Kier molecular flexibility index (Phi) is 12.0. The lowest BCUT2D eigenvalue weighted by Gasteiger charge is -2.35. The van der Waals surface area contributed by atoms with Crippen molar-refractivity contribution in [1.29, 1.82) is 0 Å². The van der Waals surface area contributed by atoms with E-state index in [0.717, 1.165) is 11.1 Å². The number of carboxylic acids is 1. The highest BCUT2D eigenvalue weighted by molar-refractivity contribution is 5.94. The van der Waals surface area contributed by atoms with E-state index in [2.05, 4.69) is 10.6 Å². The average Bonchev–Trinajstić information content (AvgIpc) is 3.06. The number of ether oxygens (including phenoxy) is 1. The number of anilines is 2. The molecule has 50 heavy (non-hydrogen) atoms. The zero-order valence-corrected chi connectivity index (χ0v) is 28.4. The molecular formula is C34H43FN8O7. The predicted octanol–water partition coefficient (Wildman–Crippen LogP) is 2.39. The molecule has 15 nitrogen and oxygen atoms in total. The predicted molar refractivity (Wildman–Crippen MR) is 185 cm³/mol. The fourth-order valence-electron chi connectivity index (χ4n) is 5.64. The number of fused-ring (bicyclic) bond motifs is 1. The van der Waals surface area contributed by atoms with E-state index in [4.69, 9.17) is 16.3 Å². The fraction of sp³-hybridized carbons (Fsp3) is 0.382. The molecule has 0 saturated carbocycles. The first-order valence-electron chi connectivity index (χ1n) is 16.1. The molecule has 7 N–H and O–H groups in total. The molecule has 1 unspecified atom stereocenters. The molecule has 0 bridgehead atoms. The second kappa shape index (κ2) is 16.2. The Balaban J connectivity index is 1.28. The van der Waals surface area contributed by atoms with E-state index >= 15 is 4.39 Å². The van der Waals surface area contributed by atoms with Gasteiger partial charge in [0.1, 0.15) is 24.5 Å². The summed E-state index contributed by atoms with van der Waals surface area (Å²) < 4.78 is 22.3. The molecule has 0 aliphatic carbocycles. The number of nitrogens with two attached hydrogens (primary N) is 2. The molecule has 0 spiro atoms. The molecule has 2 aromatic carbocycles. The minimum absolute atomic E-state index is 0.00851. The number of aromatic nitrogens is 1. The van der Waals surface area contributed by atoms with Crippen LogP contribution in [0.15, 0.2) is 59.3 Å². The number of benzene rings is 2. The molecule has 1 saturated heterocycles. The van der Waals surface area contributed by atoms with Crippen LogP contribution in [-0.4, -0.2) is 82.2 Å². The van der Waals surface area contributed by atoms with Gasteiger partial charge in [0.2, 0.25) is 17.2 Å². The quantitative estimate of drug-likeness (QED) is 0.138. The van der Waals surface area contributed by atoms with Crippen LogP contribution >= 0.6 is 0 Å². The number of aromatic carboxylic acids is 1. The maximum absolute atomic E-state index is 15.2. The molecule has 1 aliphatic rings. The van der Waals surface area contributed by atoms with E-state index in [-0.39, 0.29) is 49.1 Å². The molecule has 4 rings (SSSR count). The van der Waals surface area contributed by atoms with Crippen LogP contribution in [-0.2, 0) is 27.5 Å². The summed E-state index contributed by atoms with van der Waals surface area (Å²) >= 11 is 0. The van der Waals surface area contributed by atoms with Crippen LogP contribution in [0.2, 0.25) is 0 Å². The van der Waals surface area contributed by atoms with E-state index < -0.39 is 40.8 Å². The number of carbonyl (C=O) groups is 4. The Labute approximate surface area is 288 Å². The van der Waals surface area contributed by atoms with E-state index in [1.54, 1.807) is 46.7 Å². The van der Waals surface area contributed by atoms with Crippen molar-refractivity contribution in [2.45, 2.75) is 46.9 Å². The van der Waals surface area contributed by atoms with Crippen LogP contribution in [0.4, 0.5) is 20.6 Å². The first kappa shape index (κ1) is 37.2. The number of pyridine rings is 1. The summed E-state index contributed by atoms with van der Waals surface area (Å²) in [6.45, 7) is 8.31. The summed E-state index contributed by atoms with van der Waals surface area (Å²) in [7, 11) is 0. The zero-order chi connectivity index (χ0) is 36.7. The number of nitrogens with one attached hydrogen (secondary N) is 2. The van der Waals surface area contributed by atoms with Crippen LogP contribution < -0.4 is 32.5 Å². The minimum atomic E-state index is -1.37. The number of carbonyl (C=O) groups excluding carboxylic acids is 3. The van der Waals surface area contributed by atoms with Crippen LogP contribution in [0.25, 0.3) is 10.9 Å². The molecule has 1 fully saturated rings. The third-order valence-corrected chi connectivity index (χ3v) is 8.22. The second-order valence-corrected chi connectivity index (χ2v) is 12.3. The molecule has 1 atom stereocenters. The van der Waals surface area contributed by atoms with Crippen molar-refractivity contribution >= 4 is 46.2 Å². The molecule has 1 aliphatic heterocycles. The van der Waals surface area contributed by atoms with Crippen molar-refractivity contribution < 1.29 is 33.4 Å². The summed E-state index contributed by atoms with van der Waals surface area (Å²) in [6, 6.07) is 8.91. The van der Waals surface area contributed by atoms with Gasteiger partial charge < -0.3 is 45.6 Å². The summed E-state index contributed by atoms with van der Waals surface area (Å²) in [5.74, 6) is 3.30. The van der Waals surface area contributed by atoms with Gasteiger partial charge >= 0.3 is 12.1 Å². The van der Waals surface area contributed by atoms with Gasteiger partial charge in [-0.2, -0.15) is 0 Å². The van der Waals surface area contributed by atoms with Gasteiger partial charge in [0.05, 0.1) is 17.2 Å². The molecular weight excluding hydrogens is 651 g/mol. The van der Waals surface area contributed by atoms with Crippen molar-refractivity contribution in [3.05, 3.63) is 81.7 Å². The van der Waals surface area contributed by atoms with Crippen LogP contribution in [0.5, 0.6) is 0 Å². The monoisotopic (exact) mass is 694 g/mol. The molecule has 3 aromatic rings. The highest BCUT2D eigenvalue weighted by atomic mass is 19.1. The van der Waals surface area contributed by atoms with Gasteiger partial charge in [0.15, 0.2) is 0 Å². The van der Waals surface area contributed by atoms with E-state index in [0.29, 0.717) is 42.1 Å². The number of rotatable bonds is 12. The summed E-state index contributed by atoms with van der Waals surface area (Å²) in [5.41, 5.74) is 7.11. The number of amides is 3. The normalized spacial score (nSPS) is 14.0. The van der Waals surface area contributed by atoms with Gasteiger partial charge in [-0.15, -0.1) is 0 Å². The van der Waals surface area contributed by atoms with Crippen LogP contribution in [0.1, 0.15) is 43.6 Å². The topological polar surface area (TPSA) is 206 Å². The minimum Gasteiger partial charge on any atom is -0.477 e. The molecule has 1 aromatic heterocycles. The van der Waals surface area contributed by atoms with Gasteiger partial charge in [0, 0.05) is 68.8 Å². The number of carboxylic acid groups (broad SMARTS) is 1. The lowest BCUT2D eigenvalue weighted by atomic mass is 10.0. The van der Waals surface area contributed by atoms with Crippen molar-refractivity contribution in [3.8, 4) is 0 Å². The van der Waals surface area contributed by atoms with Gasteiger partial charge in [-0.3, -0.25) is 14.4 Å². The molecule has 268 valence electrons. The van der Waals surface area contributed by atoms with Gasteiger partial charge in [0.25, 0.3) is 0 Å². The van der Waals surface area contributed by atoms with Gasteiger partial charge in [-0.05, 0) is 42.7 Å². The lowest BCUT2D eigenvalue weighted by molar-refractivity contribution is -0.120. The third kappa shape index (κ3) is 9.07. The van der Waals surface area contributed by atoms with E-state index in [1.165, 1.54) is 24.2 Å². The third-order valence-electron chi connectivity index (χ3n) is 8.22. The maximum atomic E-state index is 15.2. The number of hydrogen-bond donors (Lipinski definition) is 5.